The van der Waals surface area contributed by atoms with Crippen molar-refractivity contribution in [3.63, 3.8) is 0 Å². The van der Waals surface area contributed by atoms with Crippen LogP contribution in [-0.2, 0) is 30.3 Å². The average Bonchev–Trinajstić information content (AvgIpc) is 3.03. The molecule has 0 bridgehead atoms. The third-order valence-corrected chi connectivity index (χ3v) is 8.91. The van der Waals surface area contributed by atoms with E-state index in [1.807, 2.05) is 58.0 Å². The monoisotopic (exact) mass is 690 g/mol. The number of amides is 2. The molecule has 1 aliphatic rings. The van der Waals surface area contributed by atoms with Crippen molar-refractivity contribution >= 4 is 41.0 Å². The molecule has 47 heavy (non-hydrogen) atoms. The van der Waals surface area contributed by atoms with E-state index in [1.54, 1.807) is 31.2 Å². The number of cyclic esters (lactones) is 1. The summed E-state index contributed by atoms with van der Waals surface area (Å²) in [4.78, 5) is 40.2. The van der Waals surface area contributed by atoms with E-state index < -0.39 is 52.9 Å². The van der Waals surface area contributed by atoms with Crippen molar-refractivity contribution in [1.82, 2.24) is 10.6 Å². The normalized spacial score (nSPS) is 24.0. The highest BCUT2D eigenvalue weighted by Gasteiger charge is 2.35. The van der Waals surface area contributed by atoms with Crippen LogP contribution in [0.2, 0.25) is 5.02 Å². The lowest BCUT2D eigenvalue weighted by atomic mass is 9.90. The van der Waals surface area contributed by atoms with E-state index in [-0.39, 0.29) is 37.8 Å². The molecule has 3 rings (SSSR count). The summed E-state index contributed by atoms with van der Waals surface area (Å²) in [5.41, 5.74) is 0.899. The summed E-state index contributed by atoms with van der Waals surface area (Å²) in [5.74, 6) is -1.42. The number of halogens is 2. The number of aliphatic hydroxyl groups excluding tert-OH is 1. The molecule has 2 aromatic carbocycles. The first-order chi connectivity index (χ1) is 22.2. The first kappa shape index (κ1) is 38.3. The smallest absolute Gasteiger partial charge is 0.335 e. The van der Waals surface area contributed by atoms with Gasteiger partial charge in [0.25, 0.3) is 0 Å². The topological polar surface area (TPSA) is 123 Å². The summed E-state index contributed by atoms with van der Waals surface area (Å²) in [5, 5.41) is 16.7. The zero-order valence-electron chi connectivity index (χ0n) is 28.0. The molecule has 2 amide bonds. The molecular formula is C36H48Cl2N2O7. The van der Waals surface area contributed by atoms with E-state index in [0.29, 0.717) is 17.2 Å². The Morgan fingerprint density at radius 3 is 2.43 bits per heavy atom. The number of methoxy groups -OCH3 is 1. The summed E-state index contributed by atoms with van der Waals surface area (Å²) in [6, 6.07) is 13.5. The van der Waals surface area contributed by atoms with Gasteiger partial charge >= 0.3 is 5.97 Å². The van der Waals surface area contributed by atoms with Crippen molar-refractivity contribution in [3.05, 3.63) is 76.8 Å². The van der Waals surface area contributed by atoms with E-state index in [0.717, 1.165) is 11.1 Å². The Bertz CT molecular complexity index is 1370. The molecule has 0 saturated heterocycles. The maximum absolute atomic E-state index is 13.6. The van der Waals surface area contributed by atoms with Crippen LogP contribution in [-0.4, -0.2) is 67.5 Å². The Morgan fingerprint density at radius 1 is 1.09 bits per heavy atom. The number of hydrogen-bond donors (Lipinski definition) is 3. The molecule has 2 aromatic rings. The zero-order valence-corrected chi connectivity index (χ0v) is 29.5. The van der Waals surface area contributed by atoms with Crippen LogP contribution in [0.1, 0.15) is 64.0 Å². The SMILES string of the molecule is COc1ccc(C[C@H]2NC(=O)/C=C/C[C@@H]([C@H](C)[C@@H](O)[C@@H](Cl)c3ccccc3)OC(=O)[C@H](CC(C)C)OCC(C)(C)CNC2=O)cc1Cl. The highest BCUT2D eigenvalue weighted by Crippen LogP contribution is 2.32. The zero-order chi connectivity index (χ0) is 34.7. The van der Waals surface area contributed by atoms with E-state index in [2.05, 4.69) is 10.6 Å². The van der Waals surface area contributed by atoms with Crippen molar-refractivity contribution in [2.24, 2.45) is 17.3 Å². The highest BCUT2D eigenvalue weighted by molar-refractivity contribution is 6.32. The van der Waals surface area contributed by atoms with Crippen LogP contribution in [0, 0.1) is 17.3 Å². The summed E-state index contributed by atoms with van der Waals surface area (Å²) in [6.45, 7) is 9.95. The maximum atomic E-state index is 13.6. The minimum atomic E-state index is -1.07. The van der Waals surface area contributed by atoms with E-state index in [4.69, 9.17) is 37.4 Å². The number of carbonyl (C=O) groups is 3. The Balaban J connectivity index is 1.92. The van der Waals surface area contributed by atoms with Gasteiger partial charge in [-0.25, -0.2) is 4.79 Å². The predicted octanol–water partition coefficient (Wildman–Crippen LogP) is 5.80. The fourth-order valence-corrected chi connectivity index (χ4v) is 5.87. The molecule has 1 aliphatic heterocycles. The van der Waals surface area contributed by atoms with Gasteiger partial charge in [-0.1, -0.05) is 88.7 Å². The largest absolute Gasteiger partial charge is 0.495 e. The Hall–Kier alpha value is -3.11. The Kier molecular flexibility index (Phi) is 14.6. The molecule has 1 heterocycles. The molecule has 0 unspecified atom stereocenters. The quantitative estimate of drug-likeness (QED) is 0.225. The molecule has 0 spiro atoms. The third kappa shape index (κ3) is 11.8. The average molecular weight is 692 g/mol. The number of alkyl halides is 1. The number of benzene rings is 2. The van der Waals surface area contributed by atoms with E-state index in [1.165, 1.54) is 13.2 Å². The first-order valence-corrected chi connectivity index (χ1v) is 16.8. The molecule has 3 N–H and O–H groups in total. The minimum absolute atomic E-state index is 0.112. The highest BCUT2D eigenvalue weighted by atomic mass is 35.5. The predicted molar refractivity (Wildman–Crippen MR) is 183 cm³/mol. The van der Waals surface area contributed by atoms with Gasteiger partial charge in [-0.05, 0) is 41.7 Å². The van der Waals surface area contributed by atoms with Crippen LogP contribution in [0.3, 0.4) is 0 Å². The fourth-order valence-electron chi connectivity index (χ4n) is 5.21. The lowest BCUT2D eigenvalue weighted by molar-refractivity contribution is -0.170. The lowest BCUT2D eigenvalue weighted by Gasteiger charge is -2.32. The minimum Gasteiger partial charge on any atom is -0.495 e. The van der Waals surface area contributed by atoms with Gasteiger partial charge in [0, 0.05) is 30.7 Å². The van der Waals surface area contributed by atoms with Crippen LogP contribution in [0.5, 0.6) is 5.75 Å². The second kappa shape index (κ2) is 17.9. The van der Waals surface area contributed by atoms with Gasteiger partial charge in [-0.2, -0.15) is 0 Å². The number of nitrogens with one attached hydrogen (secondary N) is 2. The van der Waals surface area contributed by atoms with Crippen molar-refractivity contribution in [2.45, 2.75) is 83.6 Å². The Morgan fingerprint density at radius 2 is 1.79 bits per heavy atom. The molecule has 0 aliphatic carbocycles. The second-order valence-corrected chi connectivity index (χ2v) is 14.2. The maximum Gasteiger partial charge on any atom is 0.335 e. The van der Waals surface area contributed by atoms with Gasteiger partial charge in [0.15, 0.2) is 6.10 Å². The van der Waals surface area contributed by atoms with Gasteiger partial charge in [0.1, 0.15) is 17.9 Å². The number of carbonyl (C=O) groups excluding carboxylic acids is 3. The van der Waals surface area contributed by atoms with Crippen molar-refractivity contribution in [3.8, 4) is 5.75 Å². The summed E-state index contributed by atoms with van der Waals surface area (Å²) in [6.07, 6.45) is 0.804. The summed E-state index contributed by atoms with van der Waals surface area (Å²) in [7, 11) is 1.52. The molecular weight excluding hydrogens is 643 g/mol. The lowest BCUT2D eigenvalue weighted by Crippen LogP contribution is -2.50. The number of ether oxygens (including phenoxy) is 3. The Labute approximate surface area is 288 Å². The van der Waals surface area contributed by atoms with Gasteiger partial charge in [0.2, 0.25) is 11.8 Å². The molecule has 258 valence electrons. The van der Waals surface area contributed by atoms with Gasteiger partial charge in [-0.3, -0.25) is 9.59 Å². The van der Waals surface area contributed by atoms with E-state index in [9.17, 15) is 19.5 Å². The summed E-state index contributed by atoms with van der Waals surface area (Å²) < 4.78 is 17.4. The molecule has 0 radical (unpaired) electrons. The van der Waals surface area contributed by atoms with Crippen LogP contribution < -0.4 is 15.4 Å². The van der Waals surface area contributed by atoms with Crippen molar-refractivity contribution in [2.75, 3.05) is 20.3 Å². The number of rotatable bonds is 9. The fraction of sp³-hybridized carbons (Fsp3) is 0.528. The van der Waals surface area contributed by atoms with Gasteiger partial charge in [-0.15, -0.1) is 11.6 Å². The molecule has 11 heteroatoms. The molecule has 0 fully saturated rings. The number of aliphatic hydroxyl groups is 1. The van der Waals surface area contributed by atoms with Crippen LogP contribution in [0.15, 0.2) is 60.7 Å². The third-order valence-electron chi connectivity index (χ3n) is 8.10. The molecule has 0 saturated carbocycles. The standard InChI is InChI=1S/C36H48Cl2N2O7/c1-22(2)17-30-35(44)47-28(23(3)33(42)32(38)25-11-8-7-9-12-25)13-10-14-31(41)40-27(34(43)39-20-36(4,5)21-46-30)19-24-15-16-29(45-6)26(37)18-24/h7-12,14-16,18,22-23,27-28,30,32-33,42H,13,17,19-21H2,1-6H3,(H,39,43)(H,40,41)/b14-10+/t23-,27+,28-,30-,32-,33+/m0/s1. The number of hydrogen-bond acceptors (Lipinski definition) is 7. The second-order valence-electron chi connectivity index (χ2n) is 13.3. The molecule has 0 aromatic heterocycles. The summed E-state index contributed by atoms with van der Waals surface area (Å²) >= 11 is 13.0. The first-order valence-electron chi connectivity index (χ1n) is 16.0. The van der Waals surface area contributed by atoms with Gasteiger partial charge in [0.05, 0.1) is 30.2 Å². The van der Waals surface area contributed by atoms with Crippen molar-refractivity contribution in [1.29, 1.82) is 0 Å². The van der Waals surface area contributed by atoms with Gasteiger partial charge < -0.3 is 30.0 Å². The van der Waals surface area contributed by atoms with Crippen molar-refractivity contribution < 1.29 is 33.7 Å². The van der Waals surface area contributed by atoms with Crippen LogP contribution >= 0.6 is 23.2 Å². The molecule has 6 atom stereocenters. The van der Waals surface area contributed by atoms with Crippen LogP contribution in [0.25, 0.3) is 0 Å². The number of esters is 1. The molecule has 9 nitrogen and oxygen atoms in total. The van der Waals surface area contributed by atoms with E-state index >= 15 is 0 Å². The van der Waals surface area contributed by atoms with Crippen LogP contribution in [0.4, 0.5) is 0 Å².